The van der Waals surface area contributed by atoms with Gasteiger partial charge in [0.15, 0.2) is 0 Å². The van der Waals surface area contributed by atoms with Gasteiger partial charge in [0, 0.05) is 6.04 Å². The van der Waals surface area contributed by atoms with E-state index in [2.05, 4.69) is 17.4 Å². The molecule has 0 bridgehead atoms. The van der Waals surface area contributed by atoms with Crippen molar-refractivity contribution >= 4 is 0 Å². The molecule has 3 nitrogen and oxygen atoms in total. The van der Waals surface area contributed by atoms with Crippen molar-refractivity contribution in [1.29, 1.82) is 0 Å². The molecule has 0 aromatic heterocycles. The molecule has 0 saturated heterocycles. The average molecular weight is 249 g/mol. The van der Waals surface area contributed by atoms with Crippen LogP contribution >= 0.6 is 0 Å². The van der Waals surface area contributed by atoms with Crippen molar-refractivity contribution in [1.82, 2.24) is 5.32 Å². The molecular formula is C15H23NO2. The first-order chi connectivity index (χ1) is 8.78. The van der Waals surface area contributed by atoms with Crippen LogP contribution in [-0.4, -0.2) is 30.9 Å². The Labute approximate surface area is 109 Å². The summed E-state index contributed by atoms with van der Waals surface area (Å²) in [4.78, 5) is 0. The van der Waals surface area contributed by atoms with Gasteiger partial charge in [-0.25, -0.2) is 0 Å². The summed E-state index contributed by atoms with van der Waals surface area (Å²) in [7, 11) is 1.70. The van der Waals surface area contributed by atoms with Crippen molar-refractivity contribution in [2.45, 2.75) is 44.2 Å². The highest BCUT2D eigenvalue weighted by molar-refractivity contribution is 5.28. The lowest BCUT2D eigenvalue weighted by atomic mass is 9.93. The van der Waals surface area contributed by atoms with Crippen molar-refractivity contribution in [3.8, 4) is 5.75 Å². The van der Waals surface area contributed by atoms with E-state index < -0.39 is 0 Å². The van der Waals surface area contributed by atoms with Crippen molar-refractivity contribution in [3.05, 3.63) is 29.8 Å². The summed E-state index contributed by atoms with van der Waals surface area (Å²) in [6, 6.07) is 8.81. The van der Waals surface area contributed by atoms with Crippen molar-refractivity contribution in [2.24, 2.45) is 0 Å². The molecule has 1 aromatic carbocycles. The molecule has 100 valence electrons. The fraction of sp³-hybridized carbons (Fsp3) is 0.600. The lowest BCUT2D eigenvalue weighted by molar-refractivity contribution is 0.117. The molecule has 0 unspecified atom stereocenters. The Kier molecular flexibility index (Phi) is 5.02. The second-order valence-electron chi connectivity index (χ2n) is 5.06. The zero-order valence-corrected chi connectivity index (χ0v) is 11.1. The summed E-state index contributed by atoms with van der Waals surface area (Å²) in [6.45, 7) is 0.994. The zero-order chi connectivity index (χ0) is 12.8. The molecule has 2 N–H and O–H groups in total. The van der Waals surface area contributed by atoms with Crippen LogP contribution in [0, 0.1) is 0 Å². The maximum atomic E-state index is 9.45. The molecule has 0 radical (unpaired) electrons. The van der Waals surface area contributed by atoms with Crippen LogP contribution in [0.15, 0.2) is 24.3 Å². The number of rotatable bonds is 5. The third-order valence-electron chi connectivity index (χ3n) is 3.68. The molecule has 0 aliphatic heterocycles. The number of hydrogen-bond acceptors (Lipinski definition) is 3. The zero-order valence-electron chi connectivity index (χ0n) is 11.1. The molecular weight excluding hydrogens is 226 g/mol. The SMILES string of the molecule is COc1cccc(CCNC2CCC(O)CC2)c1. The maximum absolute atomic E-state index is 9.45. The van der Waals surface area contributed by atoms with E-state index in [-0.39, 0.29) is 6.10 Å². The molecule has 1 fully saturated rings. The summed E-state index contributed by atoms with van der Waals surface area (Å²) in [5.74, 6) is 0.924. The number of methoxy groups -OCH3 is 1. The van der Waals surface area contributed by atoms with Crippen LogP contribution in [0.4, 0.5) is 0 Å². The topological polar surface area (TPSA) is 41.5 Å². The Hall–Kier alpha value is -1.06. The predicted octanol–water partition coefficient (Wildman–Crippen LogP) is 2.13. The van der Waals surface area contributed by atoms with Crippen molar-refractivity contribution < 1.29 is 9.84 Å². The van der Waals surface area contributed by atoms with E-state index >= 15 is 0 Å². The number of aliphatic hydroxyl groups is 1. The highest BCUT2D eigenvalue weighted by atomic mass is 16.5. The minimum atomic E-state index is -0.0681. The molecule has 3 heteroatoms. The minimum Gasteiger partial charge on any atom is -0.497 e. The van der Waals surface area contributed by atoms with E-state index in [0.29, 0.717) is 6.04 Å². The molecule has 0 heterocycles. The second-order valence-corrected chi connectivity index (χ2v) is 5.06. The predicted molar refractivity (Wildman–Crippen MR) is 73.0 cm³/mol. The van der Waals surface area contributed by atoms with Crippen molar-refractivity contribution in [3.63, 3.8) is 0 Å². The Balaban J connectivity index is 1.71. The molecule has 1 aromatic rings. The van der Waals surface area contributed by atoms with Gasteiger partial charge in [0.1, 0.15) is 5.75 Å². The number of benzene rings is 1. The summed E-state index contributed by atoms with van der Waals surface area (Å²) in [5, 5.41) is 13.0. The lowest BCUT2D eigenvalue weighted by Gasteiger charge is -2.26. The lowest BCUT2D eigenvalue weighted by Crippen LogP contribution is -2.35. The van der Waals surface area contributed by atoms with E-state index in [9.17, 15) is 5.11 Å². The molecule has 1 saturated carbocycles. The number of ether oxygens (including phenoxy) is 1. The largest absolute Gasteiger partial charge is 0.497 e. The van der Waals surface area contributed by atoms with Crippen molar-refractivity contribution in [2.75, 3.05) is 13.7 Å². The second kappa shape index (κ2) is 6.76. The van der Waals surface area contributed by atoms with Gasteiger partial charge in [-0.15, -0.1) is 0 Å². The molecule has 0 spiro atoms. The fourth-order valence-corrected chi connectivity index (χ4v) is 2.53. The van der Waals surface area contributed by atoms with Crippen LogP contribution in [0.5, 0.6) is 5.75 Å². The van der Waals surface area contributed by atoms with Gasteiger partial charge in [-0.3, -0.25) is 0 Å². The van der Waals surface area contributed by atoms with Crippen LogP contribution in [-0.2, 0) is 6.42 Å². The average Bonchev–Trinajstić information content (AvgIpc) is 2.41. The van der Waals surface area contributed by atoms with E-state index in [4.69, 9.17) is 4.74 Å². The standard InChI is InChI=1S/C15H23NO2/c1-18-15-4-2-3-12(11-15)9-10-16-13-5-7-14(17)8-6-13/h2-4,11,13-14,16-17H,5-10H2,1H3. The van der Waals surface area contributed by atoms with Gasteiger partial charge in [-0.1, -0.05) is 12.1 Å². The molecule has 0 amide bonds. The Morgan fingerprint density at radius 1 is 1.28 bits per heavy atom. The van der Waals surface area contributed by atoms with E-state index in [0.717, 1.165) is 44.4 Å². The molecule has 0 atom stereocenters. The van der Waals surface area contributed by atoms with Gasteiger partial charge in [-0.2, -0.15) is 0 Å². The number of aliphatic hydroxyl groups excluding tert-OH is 1. The van der Waals surface area contributed by atoms with Crippen LogP contribution in [0.3, 0.4) is 0 Å². The van der Waals surface area contributed by atoms with Gasteiger partial charge < -0.3 is 15.2 Å². The summed E-state index contributed by atoms with van der Waals surface area (Å²) in [6.07, 6.45) is 5.03. The van der Waals surface area contributed by atoms with Gasteiger partial charge >= 0.3 is 0 Å². The van der Waals surface area contributed by atoms with Gasteiger partial charge in [-0.05, 0) is 56.3 Å². The van der Waals surface area contributed by atoms with E-state index in [1.165, 1.54) is 5.56 Å². The number of hydrogen-bond donors (Lipinski definition) is 2. The highest BCUT2D eigenvalue weighted by Crippen LogP contribution is 2.18. The fourth-order valence-electron chi connectivity index (χ4n) is 2.53. The third kappa shape index (κ3) is 4.00. The van der Waals surface area contributed by atoms with E-state index in [1.54, 1.807) is 7.11 Å². The summed E-state index contributed by atoms with van der Waals surface area (Å²) < 4.78 is 5.21. The van der Waals surface area contributed by atoms with Gasteiger partial charge in [0.2, 0.25) is 0 Å². The normalized spacial score (nSPS) is 23.9. The first kappa shape index (κ1) is 13.4. The summed E-state index contributed by atoms with van der Waals surface area (Å²) in [5.41, 5.74) is 1.30. The van der Waals surface area contributed by atoms with Crippen LogP contribution in [0.1, 0.15) is 31.2 Å². The molecule has 2 rings (SSSR count). The first-order valence-corrected chi connectivity index (χ1v) is 6.82. The monoisotopic (exact) mass is 249 g/mol. The van der Waals surface area contributed by atoms with Crippen LogP contribution in [0.25, 0.3) is 0 Å². The quantitative estimate of drug-likeness (QED) is 0.840. The minimum absolute atomic E-state index is 0.0681. The smallest absolute Gasteiger partial charge is 0.119 e. The first-order valence-electron chi connectivity index (χ1n) is 6.82. The number of nitrogens with one attached hydrogen (secondary N) is 1. The third-order valence-corrected chi connectivity index (χ3v) is 3.68. The van der Waals surface area contributed by atoms with Gasteiger partial charge in [0.05, 0.1) is 13.2 Å². The Morgan fingerprint density at radius 2 is 2.06 bits per heavy atom. The molecule has 1 aliphatic rings. The van der Waals surface area contributed by atoms with E-state index in [1.807, 2.05) is 12.1 Å². The van der Waals surface area contributed by atoms with Crippen LogP contribution < -0.4 is 10.1 Å². The summed E-state index contributed by atoms with van der Waals surface area (Å²) >= 11 is 0. The Bertz CT molecular complexity index is 359. The highest BCUT2D eigenvalue weighted by Gasteiger charge is 2.18. The Morgan fingerprint density at radius 3 is 2.78 bits per heavy atom. The maximum Gasteiger partial charge on any atom is 0.119 e. The molecule has 1 aliphatic carbocycles. The van der Waals surface area contributed by atoms with Gasteiger partial charge in [0.25, 0.3) is 0 Å². The molecule has 18 heavy (non-hydrogen) atoms. The van der Waals surface area contributed by atoms with Crippen LogP contribution in [0.2, 0.25) is 0 Å².